The molecule has 0 spiro atoms. The van der Waals surface area contributed by atoms with Crippen LogP contribution in [0.5, 0.6) is 5.75 Å². The molecule has 1 heterocycles. The Kier molecular flexibility index (Phi) is 4.05. The summed E-state index contributed by atoms with van der Waals surface area (Å²) >= 11 is 0. The van der Waals surface area contributed by atoms with E-state index in [1.165, 1.54) is 0 Å². The molecular weight excluding hydrogens is 262 g/mol. The van der Waals surface area contributed by atoms with Gasteiger partial charge in [0, 0.05) is 31.6 Å². The Morgan fingerprint density at radius 3 is 2.52 bits per heavy atom. The lowest BCUT2D eigenvalue weighted by Gasteiger charge is -2.31. The van der Waals surface area contributed by atoms with Crippen LogP contribution in [-0.4, -0.2) is 38.2 Å². The predicted octanol–water partition coefficient (Wildman–Crippen LogP) is 2.32. The van der Waals surface area contributed by atoms with E-state index in [9.17, 15) is 5.26 Å². The normalized spacial score (nSPS) is 17.3. The predicted molar refractivity (Wildman–Crippen MR) is 83.3 cm³/mol. The molecule has 3 rings (SSSR count). The molecule has 0 radical (unpaired) electrons. The third-order valence-corrected chi connectivity index (χ3v) is 4.07. The van der Waals surface area contributed by atoms with Crippen molar-refractivity contribution in [3.05, 3.63) is 42.0 Å². The average Bonchev–Trinajstić information content (AvgIpc) is 2.56. The monoisotopic (exact) mass is 281 g/mol. The molecule has 0 aliphatic carbocycles. The Labute approximate surface area is 124 Å². The molecule has 21 heavy (non-hydrogen) atoms. The zero-order chi connectivity index (χ0) is 14.7. The minimum atomic E-state index is -0.206. The Balaban J connectivity index is 2.08. The maximum atomic E-state index is 9.67. The molecule has 1 N–H and O–H groups in total. The topological polar surface area (TPSA) is 48.3 Å². The molecule has 1 fully saturated rings. The van der Waals surface area contributed by atoms with Crippen molar-refractivity contribution >= 4 is 10.8 Å². The molecule has 1 aliphatic heterocycles. The minimum absolute atomic E-state index is 0.206. The molecular formula is C17H19N3O. The summed E-state index contributed by atoms with van der Waals surface area (Å²) in [7, 11) is 1.68. The van der Waals surface area contributed by atoms with E-state index in [1.54, 1.807) is 7.11 Å². The second-order valence-electron chi connectivity index (χ2n) is 5.22. The van der Waals surface area contributed by atoms with Crippen LogP contribution >= 0.6 is 0 Å². The van der Waals surface area contributed by atoms with Crippen molar-refractivity contribution < 1.29 is 4.74 Å². The van der Waals surface area contributed by atoms with E-state index in [-0.39, 0.29) is 6.04 Å². The largest absolute Gasteiger partial charge is 0.496 e. The van der Waals surface area contributed by atoms with Crippen LogP contribution in [0.4, 0.5) is 0 Å². The van der Waals surface area contributed by atoms with Crippen molar-refractivity contribution in [1.29, 1.82) is 5.26 Å². The van der Waals surface area contributed by atoms with Gasteiger partial charge in [-0.2, -0.15) is 5.26 Å². The Bertz CT molecular complexity index is 671. The van der Waals surface area contributed by atoms with E-state index in [0.29, 0.717) is 0 Å². The van der Waals surface area contributed by atoms with Crippen molar-refractivity contribution in [2.45, 2.75) is 6.04 Å². The van der Waals surface area contributed by atoms with Gasteiger partial charge < -0.3 is 10.1 Å². The fraction of sp³-hybridized carbons (Fsp3) is 0.353. The first-order valence-corrected chi connectivity index (χ1v) is 7.25. The zero-order valence-corrected chi connectivity index (χ0v) is 12.2. The lowest BCUT2D eigenvalue weighted by molar-refractivity contribution is 0.208. The number of fused-ring (bicyclic) bond motifs is 1. The molecule has 1 saturated heterocycles. The molecule has 4 heteroatoms. The number of rotatable bonds is 3. The number of nitrogens with zero attached hydrogens (tertiary/aromatic N) is 2. The number of methoxy groups -OCH3 is 1. The first-order valence-electron chi connectivity index (χ1n) is 7.25. The van der Waals surface area contributed by atoms with Gasteiger partial charge in [-0.25, -0.2) is 0 Å². The fourth-order valence-electron chi connectivity index (χ4n) is 3.00. The van der Waals surface area contributed by atoms with Gasteiger partial charge in [0.15, 0.2) is 0 Å². The maximum absolute atomic E-state index is 9.67. The highest BCUT2D eigenvalue weighted by Crippen LogP contribution is 2.33. The first kappa shape index (κ1) is 13.9. The van der Waals surface area contributed by atoms with E-state index in [0.717, 1.165) is 48.3 Å². The third kappa shape index (κ3) is 2.58. The van der Waals surface area contributed by atoms with Gasteiger partial charge in [0.2, 0.25) is 0 Å². The summed E-state index contributed by atoms with van der Waals surface area (Å²) < 4.78 is 5.43. The summed E-state index contributed by atoms with van der Waals surface area (Å²) in [4.78, 5) is 2.24. The van der Waals surface area contributed by atoms with Crippen LogP contribution in [0.2, 0.25) is 0 Å². The summed E-state index contributed by atoms with van der Waals surface area (Å²) in [6.07, 6.45) is 0. The lowest BCUT2D eigenvalue weighted by Crippen LogP contribution is -2.44. The fourth-order valence-corrected chi connectivity index (χ4v) is 3.00. The highest BCUT2D eigenvalue weighted by molar-refractivity contribution is 5.91. The molecule has 0 aromatic heterocycles. The Morgan fingerprint density at radius 1 is 1.14 bits per heavy atom. The van der Waals surface area contributed by atoms with Crippen molar-refractivity contribution in [1.82, 2.24) is 10.2 Å². The molecule has 108 valence electrons. The van der Waals surface area contributed by atoms with E-state index >= 15 is 0 Å². The minimum Gasteiger partial charge on any atom is -0.496 e. The van der Waals surface area contributed by atoms with Gasteiger partial charge in [-0.3, -0.25) is 4.90 Å². The van der Waals surface area contributed by atoms with Gasteiger partial charge in [0.25, 0.3) is 0 Å². The molecule has 4 nitrogen and oxygen atoms in total. The summed E-state index contributed by atoms with van der Waals surface area (Å²) in [6, 6.07) is 14.4. The molecule has 0 bridgehead atoms. The van der Waals surface area contributed by atoms with Crippen LogP contribution in [-0.2, 0) is 0 Å². The average molecular weight is 281 g/mol. The van der Waals surface area contributed by atoms with Crippen molar-refractivity contribution in [3.63, 3.8) is 0 Å². The molecule has 1 atom stereocenters. The number of nitrogens with one attached hydrogen (secondary N) is 1. The number of hydrogen-bond donors (Lipinski definition) is 1. The number of hydrogen-bond acceptors (Lipinski definition) is 4. The molecule has 2 aromatic rings. The standard InChI is InChI=1S/C17H19N3O/c1-21-17-7-6-14(13-4-2-3-5-15(13)17)16(12-18)20-10-8-19-9-11-20/h2-7,16,19H,8-11H2,1H3. The second-order valence-corrected chi connectivity index (χ2v) is 5.22. The van der Waals surface area contributed by atoms with Crippen LogP contribution < -0.4 is 10.1 Å². The molecule has 1 aliphatic rings. The molecule has 2 aromatic carbocycles. The Hall–Kier alpha value is -2.09. The number of piperazine rings is 1. The molecule has 0 amide bonds. The zero-order valence-electron chi connectivity index (χ0n) is 12.2. The highest BCUT2D eigenvalue weighted by atomic mass is 16.5. The van der Waals surface area contributed by atoms with Crippen molar-refractivity contribution in [3.8, 4) is 11.8 Å². The smallest absolute Gasteiger partial charge is 0.126 e. The summed E-state index contributed by atoms with van der Waals surface area (Å²) in [5, 5.41) is 15.2. The number of nitriles is 1. The number of benzene rings is 2. The third-order valence-electron chi connectivity index (χ3n) is 4.07. The highest BCUT2D eigenvalue weighted by Gasteiger charge is 2.23. The maximum Gasteiger partial charge on any atom is 0.126 e. The number of ether oxygens (including phenoxy) is 1. The first-order chi connectivity index (χ1) is 10.3. The van der Waals surface area contributed by atoms with Crippen LogP contribution in [0.1, 0.15) is 11.6 Å². The van der Waals surface area contributed by atoms with Crippen LogP contribution in [0.25, 0.3) is 10.8 Å². The van der Waals surface area contributed by atoms with E-state index in [1.807, 2.05) is 30.3 Å². The van der Waals surface area contributed by atoms with E-state index in [4.69, 9.17) is 4.74 Å². The van der Waals surface area contributed by atoms with Crippen molar-refractivity contribution in [2.75, 3.05) is 33.3 Å². The van der Waals surface area contributed by atoms with Gasteiger partial charge in [-0.15, -0.1) is 0 Å². The van der Waals surface area contributed by atoms with Gasteiger partial charge in [0.05, 0.1) is 13.2 Å². The van der Waals surface area contributed by atoms with E-state index in [2.05, 4.69) is 22.4 Å². The van der Waals surface area contributed by atoms with Gasteiger partial charge in [-0.1, -0.05) is 30.3 Å². The SMILES string of the molecule is COc1ccc(C(C#N)N2CCNCC2)c2ccccc12. The molecule has 1 unspecified atom stereocenters. The summed E-state index contributed by atoms with van der Waals surface area (Å²) in [5.41, 5.74) is 1.07. The lowest BCUT2D eigenvalue weighted by atomic mass is 9.97. The second kappa shape index (κ2) is 6.13. The molecule has 0 saturated carbocycles. The van der Waals surface area contributed by atoms with Gasteiger partial charge in [0.1, 0.15) is 11.8 Å². The van der Waals surface area contributed by atoms with Crippen LogP contribution in [0, 0.1) is 11.3 Å². The van der Waals surface area contributed by atoms with Crippen LogP contribution in [0.3, 0.4) is 0 Å². The summed E-state index contributed by atoms with van der Waals surface area (Å²) in [5.74, 6) is 0.853. The Morgan fingerprint density at radius 2 is 1.86 bits per heavy atom. The quantitative estimate of drug-likeness (QED) is 0.938. The summed E-state index contributed by atoms with van der Waals surface area (Å²) in [6.45, 7) is 3.68. The van der Waals surface area contributed by atoms with Gasteiger partial charge >= 0.3 is 0 Å². The van der Waals surface area contributed by atoms with E-state index < -0.39 is 0 Å². The van der Waals surface area contributed by atoms with Crippen LogP contribution in [0.15, 0.2) is 36.4 Å². The van der Waals surface area contributed by atoms with Gasteiger partial charge in [-0.05, 0) is 17.0 Å². The van der Waals surface area contributed by atoms with Crippen molar-refractivity contribution in [2.24, 2.45) is 0 Å².